The van der Waals surface area contributed by atoms with Crippen molar-refractivity contribution in [1.29, 1.82) is 0 Å². The molecule has 0 aromatic rings. The SMILES string of the molecule is C[NH3+].O=C([O-])C(F)(OC(F)(F)C(F)(OC(F)(F)C(F)(F)C(F)(F)F)C(F)(F)F)C(F)(F)F. The van der Waals surface area contributed by atoms with E-state index in [-0.39, 0.29) is 0 Å². The van der Waals surface area contributed by atoms with E-state index in [1.807, 2.05) is 0 Å². The largest absolute Gasteiger partial charge is 0.544 e. The first-order valence-corrected chi connectivity index (χ1v) is 6.64. The van der Waals surface area contributed by atoms with Gasteiger partial charge in [0.2, 0.25) is 0 Å². The maximum Gasteiger partial charge on any atom is 0.462 e. The molecule has 0 saturated heterocycles. The highest BCUT2D eigenvalue weighted by Crippen LogP contribution is 2.56. The Kier molecular flexibility index (Phi) is 8.93. The topological polar surface area (TPSA) is 86.2 Å². The number of carboxylic acids is 1. The summed E-state index contributed by atoms with van der Waals surface area (Å²) in [5.74, 6) is -27.7. The van der Waals surface area contributed by atoms with Crippen molar-refractivity contribution in [2.75, 3.05) is 7.05 Å². The van der Waals surface area contributed by atoms with Crippen molar-refractivity contribution in [3.63, 3.8) is 0 Å². The van der Waals surface area contributed by atoms with Crippen LogP contribution in [-0.4, -0.2) is 61.4 Å². The van der Waals surface area contributed by atoms with Gasteiger partial charge in [-0.15, -0.1) is 0 Å². The van der Waals surface area contributed by atoms with Crippen LogP contribution >= 0.6 is 0 Å². The highest BCUT2D eigenvalue weighted by molar-refractivity contribution is 5.74. The minimum absolute atomic E-state index is 1.17. The molecule has 0 amide bonds. The van der Waals surface area contributed by atoms with Crippen LogP contribution in [0.2, 0.25) is 0 Å². The molecule has 2 unspecified atom stereocenters. The highest BCUT2D eigenvalue weighted by Gasteiger charge is 2.85. The van der Waals surface area contributed by atoms with Crippen molar-refractivity contribution in [3.8, 4) is 0 Å². The van der Waals surface area contributed by atoms with Gasteiger partial charge in [-0.1, -0.05) is 0 Å². The van der Waals surface area contributed by atoms with Gasteiger partial charge in [-0.2, -0.15) is 74.6 Å². The van der Waals surface area contributed by atoms with Gasteiger partial charge < -0.3 is 15.6 Å². The average molecular weight is 527 g/mol. The molecule has 0 aromatic heterocycles. The van der Waals surface area contributed by atoms with E-state index in [0.29, 0.717) is 0 Å². The first kappa shape index (κ1) is 32.3. The predicted octanol–water partition coefficient (Wildman–Crippen LogP) is 2.47. The second kappa shape index (κ2) is 8.83. The monoisotopic (exact) mass is 527 g/mol. The lowest BCUT2D eigenvalue weighted by atomic mass is 10.2. The van der Waals surface area contributed by atoms with E-state index < -0.39 is 54.3 Å². The molecular formula is C10H6F17NO4. The molecule has 0 aromatic carbocycles. The average Bonchev–Trinajstić information content (AvgIpc) is 2.52. The Morgan fingerprint density at radius 3 is 1.16 bits per heavy atom. The number of hydrogen-bond donors (Lipinski definition) is 1. The fraction of sp³-hybridized carbons (Fsp3) is 0.900. The Hall–Kier alpha value is -1.84. The van der Waals surface area contributed by atoms with Crippen molar-refractivity contribution in [2.24, 2.45) is 0 Å². The van der Waals surface area contributed by atoms with E-state index in [9.17, 15) is 84.5 Å². The minimum atomic E-state index is -8.11. The number of quaternary nitrogens is 1. The van der Waals surface area contributed by atoms with Crippen molar-refractivity contribution >= 4 is 5.97 Å². The number of carbonyl (C=O) groups is 1. The summed E-state index contributed by atoms with van der Waals surface area (Å²) in [4.78, 5) is 9.97. The fourth-order valence-electron chi connectivity index (χ4n) is 1.15. The van der Waals surface area contributed by atoms with E-state index in [0.717, 1.165) is 0 Å². The normalized spacial score (nSPS) is 18.2. The molecule has 5 nitrogen and oxygen atoms in total. The molecule has 22 heteroatoms. The zero-order valence-corrected chi connectivity index (χ0v) is 14.3. The van der Waals surface area contributed by atoms with Crippen LogP contribution in [0.1, 0.15) is 0 Å². The van der Waals surface area contributed by atoms with Gasteiger partial charge >= 0.3 is 48.4 Å². The first-order valence-electron chi connectivity index (χ1n) is 6.64. The highest BCUT2D eigenvalue weighted by atomic mass is 19.4. The zero-order valence-electron chi connectivity index (χ0n) is 14.3. The van der Waals surface area contributed by atoms with Gasteiger partial charge in [-0.3, -0.25) is 9.47 Å². The number of carbonyl (C=O) groups excluding carboxylic acids is 1. The molecule has 0 aliphatic carbocycles. The van der Waals surface area contributed by atoms with Crippen molar-refractivity contribution < 1.29 is 99.7 Å². The number of halogens is 17. The summed E-state index contributed by atoms with van der Waals surface area (Å²) in [6.45, 7) is 0. The Balaban J connectivity index is 0. The Morgan fingerprint density at radius 2 is 0.938 bits per heavy atom. The second-order valence-corrected chi connectivity index (χ2v) is 4.78. The summed E-state index contributed by atoms with van der Waals surface area (Å²) in [6, 6.07) is 0. The molecule has 0 bridgehead atoms. The van der Waals surface area contributed by atoms with E-state index in [2.05, 4.69) is 5.73 Å². The van der Waals surface area contributed by atoms with Gasteiger partial charge in [-0.25, -0.2) is 0 Å². The van der Waals surface area contributed by atoms with Crippen LogP contribution in [0.15, 0.2) is 0 Å². The lowest BCUT2D eigenvalue weighted by Gasteiger charge is -2.40. The number of ether oxygens (including phenoxy) is 2. The third kappa shape index (κ3) is 5.55. The van der Waals surface area contributed by atoms with Crippen LogP contribution in [-0.2, 0) is 14.3 Å². The number of alkyl halides is 17. The van der Waals surface area contributed by atoms with Gasteiger partial charge in [0, 0.05) is 0 Å². The van der Waals surface area contributed by atoms with Crippen LogP contribution in [0, 0.1) is 0 Å². The number of rotatable bonds is 7. The quantitative estimate of drug-likeness (QED) is 0.516. The second-order valence-electron chi connectivity index (χ2n) is 4.78. The molecule has 0 heterocycles. The van der Waals surface area contributed by atoms with Gasteiger partial charge in [0.15, 0.2) is 0 Å². The molecule has 0 fully saturated rings. The van der Waals surface area contributed by atoms with E-state index in [4.69, 9.17) is 0 Å². The lowest BCUT2D eigenvalue weighted by Crippen LogP contribution is -2.69. The van der Waals surface area contributed by atoms with Crippen LogP contribution in [0.25, 0.3) is 0 Å². The summed E-state index contributed by atoms with van der Waals surface area (Å²) >= 11 is 0. The van der Waals surface area contributed by atoms with Gasteiger partial charge in [-0.05, 0) is 0 Å². The van der Waals surface area contributed by atoms with Crippen LogP contribution < -0.4 is 10.8 Å². The molecule has 3 N–H and O–H groups in total. The van der Waals surface area contributed by atoms with Gasteiger partial charge in [0.25, 0.3) is 0 Å². The molecule has 0 saturated carbocycles. The molecular weight excluding hydrogens is 521 g/mol. The first-order chi connectivity index (χ1) is 13.6. The molecule has 194 valence electrons. The third-order valence-corrected chi connectivity index (χ3v) is 2.63. The van der Waals surface area contributed by atoms with E-state index in [1.165, 1.54) is 9.47 Å². The van der Waals surface area contributed by atoms with Crippen molar-refractivity contribution in [2.45, 2.75) is 48.4 Å². The number of aliphatic carboxylic acids is 1. The summed E-state index contributed by atoms with van der Waals surface area (Å²) < 4.78 is 215. The van der Waals surface area contributed by atoms with Crippen LogP contribution in [0.5, 0.6) is 0 Å². The van der Waals surface area contributed by atoms with Gasteiger partial charge in [0.05, 0.1) is 7.05 Å². The number of hydrogen-bond acceptors (Lipinski definition) is 4. The molecule has 32 heavy (non-hydrogen) atoms. The Bertz CT molecular complexity index is 655. The molecule has 0 radical (unpaired) electrons. The maximum atomic E-state index is 13.5. The van der Waals surface area contributed by atoms with Crippen molar-refractivity contribution in [3.05, 3.63) is 0 Å². The zero-order chi connectivity index (χ0) is 27.0. The number of carboxylic acid groups (broad SMARTS) is 1. The molecule has 0 spiro atoms. The Morgan fingerprint density at radius 1 is 0.594 bits per heavy atom. The summed E-state index contributed by atoms with van der Waals surface area (Å²) in [7, 11) is 1.75. The maximum absolute atomic E-state index is 13.5. The van der Waals surface area contributed by atoms with Crippen molar-refractivity contribution in [1.82, 2.24) is 0 Å². The van der Waals surface area contributed by atoms with Crippen LogP contribution in [0.3, 0.4) is 0 Å². The predicted molar refractivity (Wildman–Crippen MR) is 56.7 cm³/mol. The smallest absolute Gasteiger partial charge is 0.462 e. The van der Waals surface area contributed by atoms with Crippen LogP contribution in [0.4, 0.5) is 74.6 Å². The summed E-state index contributed by atoms with van der Waals surface area (Å²) in [5, 5.41) is 9.97. The Labute approximate surface area is 162 Å². The lowest BCUT2D eigenvalue weighted by molar-refractivity contribution is -0.551. The fourth-order valence-corrected chi connectivity index (χ4v) is 1.15. The van der Waals surface area contributed by atoms with E-state index in [1.54, 1.807) is 7.05 Å². The summed E-state index contributed by atoms with van der Waals surface area (Å²) in [6.07, 6.45) is -38.9. The molecule has 0 aliphatic rings. The van der Waals surface area contributed by atoms with Gasteiger partial charge in [0.1, 0.15) is 5.97 Å². The third-order valence-electron chi connectivity index (χ3n) is 2.63. The molecule has 0 aliphatic heterocycles. The summed E-state index contributed by atoms with van der Waals surface area (Å²) in [5.41, 5.74) is 3.25. The molecule has 2 atom stereocenters. The van der Waals surface area contributed by atoms with E-state index >= 15 is 0 Å². The molecule has 0 rings (SSSR count). The minimum Gasteiger partial charge on any atom is -0.544 e. The standard InChI is InChI=1S/C9HF17O4.CH5N/c10-2(1(27)28,5(14,15)16)29-9(25,26)4(13,7(20,21)22)30-8(23,24)3(11,12)6(17,18)19;1-2/h(H,27,28);2H2,1H3.